The van der Waals surface area contributed by atoms with Crippen molar-refractivity contribution >= 4 is 0 Å². The molecule has 0 aromatic heterocycles. The first kappa shape index (κ1) is 8.06. The minimum absolute atomic E-state index is 0.635. The third-order valence-electron chi connectivity index (χ3n) is 2.22. The van der Waals surface area contributed by atoms with Crippen LogP contribution >= 0.6 is 0 Å². The monoisotopic (exact) mass is 141 g/mol. The Balaban J connectivity index is 2.02. The van der Waals surface area contributed by atoms with Gasteiger partial charge >= 0.3 is 0 Å². The first-order valence-electron chi connectivity index (χ1n) is 4.30. The summed E-state index contributed by atoms with van der Waals surface area (Å²) in [4.78, 5) is 0. The lowest BCUT2D eigenvalue weighted by Gasteiger charge is -2.20. The number of hydrogen-bond donors (Lipinski definition) is 0. The first-order chi connectivity index (χ1) is 4.93. The van der Waals surface area contributed by atoms with Crippen molar-refractivity contribution in [3.05, 3.63) is 6.92 Å². The Hall–Kier alpha value is -0.0400. The SMILES string of the molecule is [CH2]COCC1CCCCC1. The summed E-state index contributed by atoms with van der Waals surface area (Å²) >= 11 is 0. The van der Waals surface area contributed by atoms with Crippen molar-refractivity contribution in [1.82, 2.24) is 0 Å². The summed E-state index contributed by atoms with van der Waals surface area (Å²) in [5, 5.41) is 0. The highest BCUT2D eigenvalue weighted by Gasteiger charge is 2.12. The van der Waals surface area contributed by atoms with Gasteiger partial charge in [-0.2, -0.15) is 0 Å². The molecule has 0 aromatic carbocycles. The lowest BCUT2D eigenvalue weighted by atomic mass is 9.90. The summed E-state index contributed by atoms with van der Waals surface area (Å²) in [5.74, 6) is 0.843. The Morgan fingerprint density at radius 3 is 2.50 bits per heavy atom. The Morgan fingerprint density at radius 2 is 1.90 bits per heavy atom. The zero-order chi connectivity index (χ0) is 7.23. The van der Waals surface area contributed by atoms with Gasteiger partial charge in [0.1, 0.15) is 0 Å². The Labute approximate surface area is 63.8 Å². The van der Waals surface area contributed by atoms with Crippen molar-refractivity contribution in [2.45, 2.75) is 32.1 Å². The van der Waals surface area contributed by atoms with Crippen molar-refractivity contribution in [2.24, 2.45) is 5.92 Å². The summed E-state index contributed by atoms with van der Waals surface area (Å²) in [6, 6.07) is 0. The fraction of sp³-hybridized carbons (Fsp3) is 0.889. The van der Waals surface area contributed by atoms with Crippen molar-refractivity contribution in [2.75, 3.05) is 13.2 Å². The molecule has 0 N–H and O–H groups in total. The summed E-state index contributed by atoms with van der Waals surface area (Å²) in [5.41, 5.74) is 0. The van der Waals surface area contributed by atoms with Crippen LogP contribution in [0.5, 0.6) is 0 Å². The van der Waals surface area contributed by atoms with Gasteiger partial charge in [0.05, 0.1) is 0 Å². The Morgan fingerprint density at radius 1 is 1.20 bits per heavy atom. The molecule has 0 aromatic rings. The summed E-state index contributed by atoms with van der Waals surface area (Å²) in [6.07, 6.45) is 7.00. The highest BCUT2D eigenvalue weighted by Crippen LogP contribution is 2.23. The molecule has 0 saturated heterocycles. The molecule has 59 valence electrons. The van der Waals surface area contributed by atoms with E-state index in [9.17, 15) is 0 Å². The molecular weight excluding hydrogens is 124 g/mol. The van der Waals surface area contributed by atoms with Gasteiger partial charge in [0.15, 0.2) is 0 Å². The lowest BCUT2D eigenvalue weighted by molar-refractivity contribution is 0.105. The molecular formula is C9H17O. The fourth-order valence-corrected chi connectivity index (χ4v) is 1.60. The minimum Gasteiger partial charge on any atom is -0.381 e. The molecule has 1 aliphatic rings. The van der Waals surface area contributed by atoms with Crippen LogP contribution in [0.4, 0.5) is 0 Å². The van der Waals surface area contributed by atoms with Gasteiger partial charge in [0, 0.05) is 13.2 Å². The van der Waals surface area contributed by atoms with Gasteiger partial charge in [0.25, 0.3) is 0 Å². The van der Waals surface area contributed by atoms with Crippen LogP contribution in [0.2, 0.25) is 0 Å². The van der Waals surface area contributed by atoms with Crippen LogP contribution in [0, 0.1) is 12.8 Å². The zero-order valence-electron chi connectivity index (χ0n) is 6.64. The van der Waals surface area contributed by atoms with E-state index >= 15 is 0 Å². The van der Waals surface area contributed by atoms with E-state index in [-0.39, 0.29) is 0 Å². The number of rotatable bonds is 3. The van der Waals surface area contributed by atoms with E-state index in [0.717, 1.165) is 12.5 Å². The lowest BCUT2D eigenvalue weighted by Crippen LogP contribution is -2.12. The second-order valence-electron chi connectivity index (χ2n) is 3.08. The Kier molecular flexibility index (Phi) is 3.81. The van der Waals surface area contributed by atoms with Crippen molar-refractivity contribution in [3.8, 4) is 0 Å². The maximum absolute atomic E-state index is 5.26. The number of ether oxygens (including phenoxy) is 1. The van der Waals surface area contributed by atoms with E-state index in [1.54, 1.807) is 0 Å². The fourth-order valence-electron chi connectivity index (χ4n) is 1.60. The molecule has 1 radical (unpaired) electrons. The van der Waals surface area contributed by atoms with Crippen molar-refractivity contribution in [1.29, 1.82) is 0 Å². The molecule has 1 aliphatic carbocycles. The van der Waals surface area contributed by atoms with E-state index < -0.39 is 0 Å². The van der Waals surface area contributed by atoms with Gasteiger partial charge in [0.2, 0.25) is 0 Å². The van der Waals surface area contributed by atoms with Gasteiger partial charge < -0.3 is 4.74 Å². The molecule has 0 atom stereocenters. The predicted octanol–water partition coefficient (Wildman–Crippen LogP) is 2.42. The standard InChI is InChI=1S/C9H17O/c1-2-10-8-9-6-4-3-5-7-9/h9H,1-8H2. The van der Waals surface area contributed by atoms with Gasteiger partial charge in [-0.25, -0.2) is 0 Å². The molecule has 0 unspecified atom stereocenters. The van der Waals surface area contributed by atoms with Crippen LogP contribution < -0.4 is 0 Å². The highest BCUT2D eigenvalue weighted by atomic mass is 16.5. The summed E-state index contributed by atoms with van der Waals surface area (Å²) < 4.78 is 5.26. The zero-order valence-corrected chi connectivity index (χ0v) is 6.64. The van der Waals surface area contributed by atoms with Crippen molar-refractivity contribution in [3.63, 3.8) is 0 Å². The van der Waals surface area contributed by atoms with Gasteiger partial charge in [-0.1, -0.05) is 19.3 Å². The molecule has 0 amide bonds. The molecule has 0 aliphatic heterocycles. The molecule has 0 spiro atoms. The quantitative estimate of drug-likeness (QED) is 0.586. The highest BCUT2D eigenvalue weighted by molar-refractivity contribution is 4.64. The van der Waals surface area contributed by atoms with Crippen LogP contribution in [0.15, 0.2) is 0 Å². The molecule has 1 rings (SSSR count). The van der Waals surface area contributed by atoms with Crippen LogP contribution in [0.3, 0.4) is 0 Å². The maximum Gasteiger partial charge on any atom is 0.0494 e. The molecule has 0 heterocycles. The van der Waals surface area contributed by atoms with E-state index in [2.05, 4.69) is 6.92 Å². The van der Waals surface area contributed by atoms with Crippen LogP contribution in [0.1, 0.15) is 32.1 Å². The second-order valence-corrected chi connectivity index (χ2v) is 3.08. The predicted molar refractivity (Wildman–Crippen MR) is 42.8 cm³/mol. The molecule has 1 heteroatoms. The van der Waals surface area contributed by atoms with Crippen LogP contribution in [-0.2, 0) is 4.74 Å². The van der Waals surface area contributed by atoms with E-state index in [1.165, 1.54) is 32.1 Å². The molecule has 10 heavy (non-hydrogen) atoms. The average Bonchev–Trinajstić information content (AvgIpc) is 2.03. The Bertz CT molecular complexity index is 74.8. The van der Waals surface area contributed by atoms with Crippen LogP contribution in [-0.4, -0.2) is 13.2 Å². The summed E-state index contributed by atoms with van der Waals surface area (Å²) in [6.45, 7) is 5.23. The smallest absolute Gasteiger partial charge is 0.0494 e. The van der Waals surface area contributed by atoms with Gasteiger partial charge in [-0.05, 0) is 25.7 Å². The largest absolute Gasteiger partial charge is 0.381 e. The van der Waals surface area contributed by atoms with Crippen LogP contribution in [0.25, 0.3) is 0 Å². The molecule has 1 saturated carbocycles. The second kappa shape index (κ2) is 4.73. The van der Waals surface area contributed by atoms with E-state index in [1.807, 2.05) is 0 Å². The van der Waals surface area contributed by atoms with Gasteiger partial charge in [-0.15, -0.1) is 0 Å². The first-order valence-corrected chi connectivity index (χ1v) is 4.30. The minimum atomic E-state index is 0.635. The van der Waals surface area contributed by atoms with Gasteiger partial charge in [-0.3, -0.25) is 0 Å². The number of hydrogen-bond acceptors (Lipinski definition) is 1. The van der Waals surface area contributed by atoms with E-state index in [4.69, 9.17) is 4.74 Å². The van der Waals surface area contributed by atoms with Crippen molar-refractivity contribution < 1.29 is 4.74 Å². The maximum atomic E-state index is 5.26. The molecule has 1 fully saturated rings. The van der Waals surface area contributed by atoms with E-state index in [0.29, 0.717) is 6.61 Å². The topological polar surface area (TPSA) is 9.23 Å². The normalized spacial score (nSPS) is 21.3. The third-order valence-corrected chi connectivity index (χ3v) is 2.22. The molecule has 1 nitrogen and oxygen atoms in total. The summed E-state index contributed by atoms with van der Waals surface area (Å²) in [7, 11) is 0. The third kappa shape index (κ3) is 2.70. The molecule has 0 bridgehead atoms. The average molecular weight is 141 g/mol.